The molecule has 3 aromatic rings. The predicted molar refractivity (Wildman–Crippen MR) is 112 cm³/mol. The highest BCUT2D eigenvalue weighted by Gasteiger charge is 2.14. The zero-order valence-electron chi connectivity index (χ0n) is 15.4. The number of aromatic nitrogens is 2. The Kier molecular flexibility index (Phi) is 6.56. The molecule has 0 radical (unpaired) electrons. The maximum Gasteiger partial charge on any atom is 0.240 e. The van der Waals surface area contributed by atoms with Gasteiger partial charge in [-0.15, -0.1) is 11.3 Å². The predicted octanol–water partition coefficient (Wildman–Crippen LogP) is 3.99. The van der Waals surface area contributed by atoms with Gasteiger partial charge in [-0.25, -0.2) is 18.1 Å². The molecule has 28 heavy (non-hydrogen) atoms. The van der Waals surface area contributed by atoms with Crippen LogP contribution in [0.4, 0.5) is 0 Å². The van der Waals surface area contributed by atoms with Crippen LogP contribution in [0.1, 0.15) is 28.1 Å². The highest BCUT2D eigenvalue weighted by Crippen LogP contribution is 2.16. The van der Waals surface area contributed by atoms with E-state index in [0.29, 0.717) is 11.6 Å². The largest absolute Gasteiger partial charge is 0.282 e. The molecule has 3 rings (SSSR count). The smallest absolute Gasteiger partial charge is 0.240 e. The molecule has 2 aromatic heterocycles. The molecule has 0 saturated carbocycles. The van der Waals surface area contributed by atoms with Gasteiger partial charge in [0.05, 0.1) is 27.9 Å². The van der Waals surface area contributed by atoms with Gasteiger partial charge in [0.15, 0.2) is 0 Å². The Morgan fingerprint density at radius 2 is 2.04 bits per heavy atom. The summed E-state index contributed by atoms with van der Waals surface area (Å²) in [6, 6.07) is 9.81. The molecule has 1 aromatic carbocycles. The number of pyridine rings is 1. The highest BCUT2D eigenvalue weighted by atomic mass is 35.5. The van der Waals surface area contributed by atoms with E-state index < -0.39 is 10.0 Å². The Labute approximate surface area is 173 Å². The minimum absolute atomic E-state index is 0.130. The topological polar surface area (TPSA) is 84.3 Å². The second-order valence-corrected chi connectivity index (χ2v) is 9.60. The van der Waals surface area contributed by atoms with Crippen molar-refractivity contribution in [3.63, 3.8) is 0 Å². The van der Waals surface area contributed by atoms with Gasteiger partial charge < -0.3 is 0 Å². The number of nitrogens with zero attached hydrogens (tertiary/aromatic N) is 3. The van der Waals surface area contributed by atoms with Crippen LogP contribution in [0.25, 0.3) is 0 Å². The lowest BCUT2D eigenvalue weighted by molar-refractivity contribution is 0.581. The molecule has 0 bridgehead atoms. The van der Waals surface area contributed by atoms with Gasteiger partial charge >= 0.3 is 0 Å². The number of rotatable bonds is 7. The van der Waals surface area contributed by atoms with E-state index in [-0.39, 0.29) is 11.4 Å². The first-order valence-corrected chi connectivity index (χ1v) is 11.1. The Morgan fingerprint density at radius 1 is 1.21 bits per heavy atom. The molecule has 0 atom stereocenters. The summed E-state index contributed by atoms with van der Waals surface area (Å²) in [5.74, 6) is 0. The van der Waals surface area contributed by atoms with E-state index >= 15 is 0 Å². The van der Waals surface area contributed by atoms with Crippen LogP contribution >= 0.6 is 22.9 Å². The van der Waals surface area contributed by atoms with Gasteiger partial charge in [0, 0.05) is 28.8 Å². The standard InChI is InChI=1S/C19H19ClN4O2S2/c1-13(21-11-17-12-22-14(2)27-17)19-7-6-15(9-23-19)10-24-28(25,26)18-5-3-4-16(20)8-18/h3-9,12,24H,10-11H2,1-2H3. The summed E-state index contributed by atoms with van der Waals surface area (Å²) in [5.41, 5.74) is 2.32. The monoisotopic (exact) mass is 434 g/mol. The van der Waals surface area contributed by atoms with Crippen molar-refractivity contribution < 1.29 is 8.42 Å². The van der Waals surface area contributed by atoms with Gasteiger partial charge in [0.25, 0.3) is 0 Å². The first kappa shape index (κ1) is 20.6. The lowest BCUT2D eigenvalue weighted by Crippen LogP contribution is -2.23. The summed E-state index contributed by atoms with van der Waals surface area (Å²) in [6.07, 6.45) is 3.48. The third-order valence-corrected chi connectivity index (χ3v) is 6.44. The zero-order valence-corrected chi connectivity index (χ0v) is 17.8. The van der Waals surface area contributed by atoms with Crippen molar-refractivity contribution in [2.45, 2.75) is 31.8 Å². The number of aryl methyl sites for hydroxylation is 1. The number of thiazole rings is 1. The van der Waals surface area contributed by atoms with Crippen molar-refractivity contribution >= 4 is 38.7 Å². The summed E-state index contributed by atoms with van der Waals surface area (Å²) in [4.78, 5) is 14.4. The van der Waals surface area contributed by atoms with Crippen LogP contribution in [-0.2, 0) is 23.1 Å². The molecule has 2 heterocycles. The minimum atomic E-state index is -3.64. The van der Waals surface area contributed by atoms with E-state index in [1.807, 2.05) is 32.2 Å². The molecule has 1 N–H and O–H groups in total. The quantitative estimate of drug-likeness (QED) is 0.570. The number of hydrogen-bond acceptors (Lipinski definition) is 6. The van der Waals surface area contributed by atoms with Gasteiger partial charge in [-0.3, -0.25) is 9.98 Å². The van der Waals surface area contributed by atoms with Crippen molar-refractivity contribution in [1.82, 2.24) is 14.7 Å². The number of sulfonamides is 1. The van der Waals surface area contributed by atoms with Gasteiger partial charge in [-0.05, 0) is 43.7 Å². The van der Waals surface area contributed by atoms with E-state index in [2.05, 4.69) is 19.7 Å². The van der Waals surface area contributed by atoms with Crippen molar-refractivity contribution in [3.8, 4) is 0 Å². The number of aliphatic imine (C=N–C) groups is 1. The zero-order chi connectivity index (χ0) is 20.1. The molecule has 0 aliphatic heterocycles. The third kappa shape index (κ3) is 5.45. The summed E-state index contributed by atoms with van der Waals surface area (Å²) in [7, 11) is -3.64. The maximum atomic E-state index is 12.3. The van der Waals surface area contributed by atoms with Gasteiger partial charge in [0.2, 0.25) is 10.0 Å². The summed E-state index contributed by atoms with van der Waals surface area (Å²) >= 11 is 7.49. The third-order valence-electron chi connectivity index (χ3n) is 3.91. The van der Waals surface area contributed by atoms with E-state index in [4.69, 9.17) is 11.6 Å². The fraction of sp³-hybridized carbons (Fsp3) is 0.211. The van der Waals surface area contributed by atoms with Crippen LogP contribution in [0.5, 0.6) is 0 Å². The molecule has 6 nitrogen and oxygen atoms in total. The molecule has 0 aliphatic carbocycles. The Morgan fingerprint density at radius 3 is 2.68 bits per heavy atom. The molecular formula is C19H19ClN4O2S2. The number of nitrogens with one attached hydrogen (secondary N) is 1. The van der Waals surface area contributed by atoms with Crippen molar-refractivity contribution in [2.75, 3.05) is 0 Å². The molecule has 0 unspecified atom stereocenters. The number of halogens is 1. The number of hydrogen-bond donors (Lipinski definition) is 1. The van der Waals surface area contributed by atoms with Crippen molar-refractivity contribution in [1.29, 1.82) is 0 Å². The molecule has 9 heteroatoms. The van der Waals surface area contributed by atoms with Crippen LogP contribution in [-0.4, -0.2) is 24.1 Å². The second-order valence-electron chi connectivity index (χ2n) is 6.08. The molecule has 0 amide bonds. The molecule has 0 spiro atoms. The highest BCUT2D eigenvalue weighted by molar-refractivity contribution is 7.89. The maximum absolute atomic E-state index is 12.3. The Balaban J connectivity index is 1.62. The van der Waals surface area contributed by atoms with Crippen LogP contribution in [0.3, 0.4) is 0 Å². The van der Waals surface area contributed by atoms with E-state index in [9.17, 15) is 8.42 Å². The lowest BCUT2D eigenvalue weighted by atomic mass is 10.2. The van der Waals surface area contributed by atoms with Crippen LogP contribution < -0.4 is 4.72 Å². The minimum Gasteiger partial charge on any atom is -0.282 e. The number of benzene rings is 1. The van der Waals surface area contributed by atoms with E-state index in [1.54, 1.807) is 29.7 Å². The molecule has 0 aliphatic rings. The molecule has 0 fully saturated rings. The van der Waals surface area contributed by atoms with E-state index in [0.717, 1.165) is 26.9 Å². The Hall–Kier alpha value is -2.13. The second kappa shape index (κ2) is 8.91. The van der Waals surface area contributed by atoms with Crippen LogP contribution in [0.2, 0.25) is 5.02 Å². The first-order valence-electron chi connectivity index (χ1n) is 8.46. The lowest BCUT2D eigenvalue weighted by Gasteiger charge is -2.08. The van der Waals surface area contributed by atoms with Gasteiger partial charge in [-0.2, -0.15) is 0 Å². The average molecular weight is 435 g/mol. The fourth-order valence-corrected chi connectivity index (χ4v) is 4.43. The van der Waals surface area contributed by atoms with Crippen LogP contribution in [0, 0.1) is 6.92 Å². The van der Waals surface area contributed by atoms with E-state index in [1.165, 1.54) is 12.1 Å². The van der Waals surface area contributed by atoms with Gasteiger partial charge in [-0.1, -0.05) is 23.7 Å². The fourth-order valence-electron chi connectivity index (χ4n) is 2.39. The average Bonchev–Trinajstić information content (AvgIpc) is 3.10. The summed E-state index contributed by atoms with van der Waals surface area (Å²) in [6.45, 7) is 4.57. The summed E-state index contributed by atoms with van der Waals surface area (Å²) in [5, 5.41) is 1.39. The SMILES string of the molecule is CC(=NCc1cnc(C)s1)c1ccc(CNS(=O)(=O)c2cccc(Cl)c2)cn1. The van der Waals surface area contributed by atoms with Gasteiger partial charge in [0.1, 0.15) is 0 Å². The summed E-state index contributed by atoms with van der Waals surface area (Å²) < 4.78 is 27.2. The first-order chi connectivity index (χ1) is 13.3. The van der Waals surface area contributed by atoms with Crippen LogP contribution in [0.15, 0.2) is 58.7 Å². The Bertz CT molecular complexity index is 1090. The van der Waals surface area contributed by atoms with Crippen molar-refractivity contribution in [2.24, 2.45) is 4.99 Å². The molecular weight excluding hydrogens is 416 g/mol. The van der Waals surface area contributed by atoms with Crippen molar-refractivity contribution in [3.05, 3.63) is 75.0 Å². The molecule has 146 valence electrons. The molecule has 0 saturated heterocycles. The normalized spacial score (nSPS) is 12.3.